The molecule has 198 valence electrons. The summed E-state index contributed by atoms with van der Waals surface area (Å²) in [6.45, 7) is 4.91. The van der Waals surface area contributed by atoms with Crippen molar-refractivity contribution in [3.63, 3.8) is 0 Å². The Morgan fingerprint density at radius 3 is 2.16 bits per heavy atom. The highest BCUT2D eigenvalue weighted by Gasteiger charge is 2.37. The van der Waals surface area contributed by atoms with Crippen LogP contribution in [0.25, 0.3) is 0 Å². The number of hydrogen-bond donors (Lipinski definition) is 3. The summed E-state index contributed by atoms with van der Waals surface area (Å²) >= 11 is 0. The number of ether oxygens (including phenoxy) is 4. The second-order valence-corrected chi connectivity index (χ2v) is 8.52. The van der Waals surface area contributed by atoms with Crippen LogP contribution < -0.4 is 20.1 Å². The number of hydrogen-bond acceptors (Lipinski definition) is 9. The van der Waals surface area contributed by atoms with E-state index in [1.54, 1.807) is 32.0 Å². The summed E-state index contributed by atoms with van der Waals surface area (Å²) in [7, 11) is 2.61. The molecule has 37 heavy (non-hydrogen) atoms. The van der Waals surface area contributed by atoms with Gasteiger partial charge in [0.1, 0.15) is 30.8 Å². The number of carbonyl (C=O) groups excluding carboxylic acids is 2. The zero-order chi connectivity index (χ0) is 26.8. The lowest BCUT2D eigenvalue weighted by molar-refractivity contribution is -0.137. The number of methoxy groups -OCH3 is 2. The fraction of sp³-hybridized carbons (Fsp3) is 0.357. The third kappa shape index (κ3) is 7.34. The van der Waals surface area contributed by atoms with Gasteiger partial charge in [-0.2, -0.15) is 0 Å². The van der Waals surface area contributed by atoms with Crippen LogP contribution in [-0.4, -0.2) is 63.7 Å². The normalized spacial score (nSPS) is 14.6. The van der Waals surface area contributed by atoms with Crippen LogP contribution in [-0.2, 0) is 19.1 Å². The molecule has 0 saturated heterocycles. The highest BCUT2D eigenvalue weighted by Crippen LogP contribution is 2.40. The Morgan fingerprint density at radius 2 is 1.54 bits per heavy atom. The van der Waals surface area contributed by atoms with Crippen LogP contribution in [0.5, 0.6) is 11.5 Å². The van der Waals surface area contributed by atoms with E-state index >= 15 is 0 Å². The van der Waals surface area contributed by atoms with E-state index in [0.717, 1.165) is 0 Å². The van der Waals surface area contributed by atoms with Gasteiger partial charge in [0.2, 0.25) is 0 Å². The molecule has 0 amide bonds. The Morgan fingerprint density at radius 1 is 0.919 bits per heavy atom. The number of dihydropyridines is 1. The molecular formula is C28H34N2O7. The van der Waals surface area contributed by atoms with Gasteiger partial charge >= 0.3 is 11.9 Å². The monoisotopic (exact) mass is 510 g/mol. The number of nitrogens with one attached hydrogen (secondary N) is 2. The molecule has 2 aromatic rings. The second kappa shape index (κ2) is 13.5. The first kappa shape index (κ1) is 27.8. The molecule has 3 rings (SSSR count). The molecule has 0 spiro atoms. The fourth-order valence-electron chi connectivity index (χ4n) is 4.15. The quantitative estimate of drug-likeness (QED) is 0.293. The van der Waals surface area contributed by atoms with Crippen molar-refractivity contribution in [1.29, 1.82) is 0 Å². The molecule has 9 heteroatoms. The lowest BCUT2D eigenvalue weighted by Gasteiger charge is -2.30. The standard InChI is InChI=1S/C28H34N2O7/c1-18-24(27(32)34-3)26(25(19(2)30-18)28(33)35-4)20-9-8-12-23(15-20)36-14-13-29-16-21(31)17-37-22-10-6-5-7-11-22/h5-12,15,21,26,29-31H,13-14,16-17H2,1-4H3. The maximum absolute atomic E-state index is 12.7. The maximum Gasteiger partial charge on any atom is 0.336 e. The minimum atomic E-state index is -0.678. The summed E-state index contributed by atoms with van der Waals surface area (Å²) in [5, 5.41) is 16.3. The molecule has 0 radical (unpaired) electrons. The number of rotatable bonds is 12. The van der Waals surface area contributed by atoms with Crippen molar-refractivity contribution in [2.75, 3.05) is 40.5 Å². The Bertz CT molecular complexity index is 1110. The van der Waals surface area contributed by atoms with Gasteiger partial charge in [-0.1, -0.05) is 30.3 Å². The van der Waals surface area contributed by atoms with E-state index in [1.165, 1.54) is 14.2 Å². The zero-order valence-corrected chi connectivity index (χ0v) is 21.6. The summed E-state index contributed by atoms with van der Waals surface area (Å²) in [4.78, 5) is 25.3. The summed E-state index contributed by atoms with van der Waals surface area (Å²) in [6, 6.07) is 16.6. The molecule has 1 unspecified atom stereocenters. The minimum absolute atomic E-state index is 0.182. The number of carbonyl (C=O) groups is 2. The van der Waals surface area contributed by atoms with E-state index in [4.69, 9.17) is 18.9 Å². The summed E-state index contributed by atoms with van der Waals surface area (Å²) < 4.78 is 21.5. The molecule has 2 aromatic carbocycles. The van der Waals surface area contributed by atoms with E-state index in [-0.39, 0.29) is 6.61 Å². The van der Waals surface area contributed by atoms with Crippen molar-refractivity contribution in [2.45, 2.75) is 25.9 Å². The van der Waals surface area contributed by atoms with E-state index in [9.17, 15) is 14.7 Å². The number of allylic oxidation sites excluding steroid dienone is 2. The summed E-state index contributed by atoms with van der Waals surface area (Å²) in [6.07, 6.45) is -0.665. The Balaban J connectivity index is 1.61. The van der Waals surface area contributed by atoms with Crippen LogP contribution in [0, 0.1) is 0 Å². The zero-order valence-electron chi connectivity index (χ0n) is 21.6. The molecule has 0 aromatic heterocycles. The van der Waals surface area contributed by atoms with Crippen molar-refractivity contribution in [2.24, 2.45) is 0 Å². The largest absolute Gasteiger partial charge is 0.492 e. The van der Waals surface area contributed by atoms with Gasteiger partial charge in [-0.05, 0) is 43.7 Å². The first-order chi connectivity index (χ1) is 17.8. The van der Waals surface area contributed by atoms with Gasteiger partial charge < -0.3 is 34.7 Å². The predicted molar refractivity (Wildman–Crippen MR) is 138 cm³/mol. The molecule has 3 N–H and O–H groups in total. The predicted octanol–water partition coefficient (Wildman–Crippen LogP) is 2.68. The van der Waals surface area contributed by atoms with Gasteiger partial charge in [-0.15, -0.1) is 0 Å². The molecule has 9 nitrogen and oxygen atoms in total. The molecule has 1 heterocycles. The average Bonchev–Trinajstić information content (AvgIpc) is 2.91. The first-order valence-electron chi connectivity index (χ1n) is 12.0. The second-order valence-electron chi connectivity index (χ2n) is 8.52. The van der Waals surface area contributed by atoms with Crippen LogP contribution >= 0.6 is 0 Å². The molecule has 0 fully saturated rings. The van der Waals surface area contributed by atoms with Crippen LogP contribution in [0.4, 0.5) is 0 Å². The van der Waals surface area contributed by atoms with Gasteiger partial charge in [0.05, 0.1) is 31.3 Å². The van der Waals surface area contributed by atoms with Crippen molar-refractivity contribution in [1.82, 2.24) is 10.6 Å². The van der Waals surface area contributed by atoms with Crippen molar-refractivity contribution in [3.05, 3.63) is 82.7 Å². The number of aliphatic hydroxyl groups excluding tert-OH is 1. The smallest absolute Gasteiger partial charge is 0.336 e. The van der Waals surface area contributed by atoms with E-state index in [1.807, 2.05) is 36.4 Å². The van der Waals surface area contributed by atoms with Crippen LogP contribution in [0.2, 0.25) is 0 Å². The van der Waals surface area contributed by atoms with Gasteiger partial charge in [-0.3, -0.25) is 0 Å². The first-order valence-corrected chi connectivity index (χ1v) is 12.0. The van der Waals surface area contributed by atoms with Gasteiger partial charge in [0.25, 0.3) is 0 Å². The van der Waals surface area contributed by atoms with Crippen molar-refractivity contribution in [3.8, 4) is 11.5 Å². The van der Waals surface area contributed by atoms with Crippen molar-refractivity contribution >= 4 is 11.9 Å². The number of esters is 2. The van der Waals surface area contributed by atoms with Gasteiger partial charge in [-0.25, -0.2) is 9.59 Å². The number of benzene rings is 2. The number of para-hydroxylation sites is 1. The Kier molecular flexibility index (Phi) is 10.1. The van der Waals surface area contributed by atoms with Gasteiger partial charge in [0.15, 0.2) is 0 Å². The van der Waals surface area contributed by atoms with E-state index in [2.05, 4.69) is 10.6 Å². The summed E-state index contributed by atoms with van der Waals surface area (Å²) in [5.41, 5.74) is 2.57. The highest BCUT2D eigenvalue weighted by molar-refractivity contribution is 5.99. The third-order valence-electron chi connectivity index (χ3n) is 5.88. The van der Waals surface area contributed by atoms with Crippen LogP contribution in [0.3, 0.4) is 0 Å². The van der Waals surface area contributed by atoms with E-state index < -0.39 is 24.0 Å². The molecule has 1 aliphatic heterocycles. The lowest BCUT2D eigenvalue weighted by atomic mass is 9.80. The number of aliphatic hydroxyl groups is 1. The van der Waals surface area contributed by atoms with Crippen LogP contribution in [0.1, 0.15) is 25.3 Å². The Hall–Kier alpha value is -3.82. The fourth-order valence-corrected chi connectivity index (χ4v) is 4.15. The topological polar surface area (TPSA) is 115 Å². The maximum atomic E-state index is 12.7. The minimum Gasteiger partial charge on any atom is -0.492 e. The van der Waals surface area contributed by atoms with Crippen molar-refractivity contribution < 1.29 is 33.6 Å². The van der Waals surface area contributed by atoms with Gasteiger partial charge in [0, 0.05) is 24.5 Å². The third-order valence-corrected chi connectivity index (χ3v) is 5.88. The molecule has 0 saturated carbocycles. The molecule has 0 bridgehead atoms. The average molecular weight is 511 g/mol. The SMILES string of the molecule is COC(=O)C1=C(C)NC(C)=C(C(=O)OC)C1c1cccc(OCCNCC(O)COc2ccccc2)c1. The lowest BCUT2D eigenvalue weighted by Crippen LogP contribution is -2.33. The highest BCUT2D eigenvalue weighted by atomic mass is 16.5. The molecular weight excluding hydrogens is 476 g/mol. The van der Waals surface area contributed by atoms with E-state index in [0.29, 0.717) is 59.3 Å². The molecule has 1 atom stereocenters. The molecule has 1 aliphatic rings. The molecule has 0 aliphatic carbocycles. The Labute approximate surface area is 217 Å². The van der Waals surface area contributed by atoms with Crippen LogP contribution in [0.15, 0.2) is 77.1 Å². The summed E-state index contributed by atoms with van der Waals surface area (Å²) in [5.74, 6) is -0.458.